The SMILES string of the molecule is CCCCCCCCCC(=O)OC1=C[C@@H]2CC[C@@H]3[C@H](CC[C@]4(C)[C@@H](OC(=O)CCCCCCCCC)CC[C@@H]34)[C@H]2CC1. The van der Waals surface area contributed by atoms with Gasteiger partial charge in [0.2, 0.25) is 0 Å². The van der Waals surface area contributed by atoms with Crippen LogP contribution in [0.3, 0.4) is 0 Å². The second kappa shape index (κ2) is 17.2. The number of fused-ring (bicyclic) bond motifs is 5. The molecule has 0 saturated heterocycles. The van der Waals surface area contributed by atoms with E-state index in [-0.39, 0.29) is 23.5 Å². The van der Waals surface area contributed by atoms with E-state index in [1.165, 1.54) is 103 Å². The summed E-state index contributed by atoms with van der Waals surface area (Å²) in [6.45, 7) is 6.95. The average molecular weight is 585 g/mol. The number of unbranched alkanes of at least 4 members (excludes halogenated alkanes) is 12. The fraction of sp³-hybridized carbons (Fsp3) is 0.895. The highest BCUT2D eigenvalue weighted by molar-refractivity contribution is 5.70. The highest BCUT2D eigenvalue weighted by Crippen LogP contribution is 2.62. The van der Waals surface area contributed by atoms with Crippen LogP contribution in [0.2, 0.25) is 0 Å². The van der Waals surface area contributed by atoms with Gasteiger partial charge in [0.25, 0.3) is 0 Å². The Hall–Kier alpha value is -1.32. The van der Waals surface area contributed by atoms with Crippen molar-refractivity contribution in [2.45, 2.75) is 181 Å². The zero-order valence-electron chi connectivity index (χ0n) is 27.6. The number of rotatable bonds is 18. The zero-order valence-corrected chi connectivity index (χ0v) is 27.6. The van der Waals surface area contributed by atoms with Gasteiger partial charge in [-0.05, 0) is 93.5 Å². The van der Waals surface area contributed by atoms with E-state index in [2.05, 4.69) is 26.8 Å². The predicted molar refractivity (Wildman–Crippen MR) is 172 cm³/mol. The highest BCUT2D eigenvalue weighted by atomic mass is 16.5. The van der Waals surface area contributed by atoms with Gasteiger partial charge in [-0.1, -0.05) is 97.8 Å². The van der Waals surface area contributed by atoms with Crippen LogP contribution in [-0.4, -0.2) is 18.0 Å². The van der Waals surface area contributed by atoms with Gasteiger partial charge in [0.1, 0.15) is 11.9 Å². The molecule has 0 heterocycles. The minimum atomic E-state index is -0.0195. The first-order chi connectivity index (χ1) is 20.5. The van der Waals surface area contributed by atoms with Crippen LogP contribution >= 0.6 is 0 Å². The first kappa shape index (κ1) is 33.6. The van der Waals surface area contributed by atoms with Gasteiger partial charge < -0.3 is 9.47 Å². The van der Waals surface area contributed by atoms with Crippen LogP contribution in [0, 0.1) is 35.0 Å². The quantitative estimate of drug-likeness (QED) is 0.119. The maximum Gasteiger partial charge on any atom is 0.310 e. The molecule has 0 amide bonds. The lowest BCUT2D eigenvalue weighted by Gasteiger charge is -2.54. The molecule has 4 nitrogen and oxygen atoms in total. The summed E-state index contributed by atoms with van der Waals surface area (Å²) in [5, 5.41) is 0. The number of carbonyl (C=O) groups excluding carboxylic acids is 2. The van der Waals surface area contributed by atoms with Gasteiger partial charge in [0, 0.05) is 24.7 Å². The lowest BCUT2D eigenvalue weighted by atomic mass is 9.51. The van der Waals surface area contributed by atoms with E-state index in [0.29, 0.717) is 24.7 Å². The van der Waals surface area contributed by atoms with E-state index < -0.39 is 0 Å². The molecule has 0 aromatic carbocycles. The van der Waals surface area contributed by atoms with Crippen molar-refractivity contribution in [1.82, 2.24) is 0 Å². The standard InChI is InChI=1S/C38H64O4/c1-4-6-8-10-12-14-16-18-36(39)41-30-21-23-31-29(28-30)20-22-33-32(31)26-27-38(3)34(33)24-25-35(38)42-37(40)19-17-15-13-11-9-7-5-2/h28-29,31-35H,4-27H2,1-3H3/t29-,31-,32+,33+,34-,35-,38-/m0/s1. The van der Waals surface area contributed by atoms with Gasteiger partial charge in [0.05, 0.1) is 0 Å². The molecular formula is C38H64O4. The smallest absolute Gasteiger partial charge is 0.310 e. The molecule has 3 fully saturated rings. The van der Waals surface area contributed by atoms with Gasteiger partial charge in [-0.15, -0.1) is 0 Å². The summed E-state index contributed by atoms with van der Waals surface area (Å²) in [5.74, 6) is 4.54. The predicted octanol–water partition coefficient (Wildman–Crippen LogP) is 10.9. The van der Waals surface area contributed by atoms with E-state index in [0.717, 1.165) is 62.0 Å². The summed E-state index contributed by atoms with van der Waals surface area (Å²) in [5.41, 5.74) is 0.158. The Morgan fingerprint density at radius 2 is 1.31 bits per heavy atom. The van der Waals surface area contributed by atoms with Crippen molar-refractivity contribution in [1.29, 1.82) is 0 Å². The topological polar surface area (TPSA) is 52.6 Å². The summed E-state index contributed by atoms with van der Waals surface area (Å²) in [4.78, 5) is 25.3. The number of hydrogen-bond acceptors (Lipinski definition) is 4. The van der Waals surface area contributed by atoms with Crippen LogP contribution in [0.15, 0.2) is 11.8 Å². The molecule has 4 rings (SSSR count). The molecule has 4 aliphatic rings. The van der Waals surface area contributed by atoms with E-state index in [4.69, 9.17) is 9.47 Å². The molecular weight excluding hydrogens is 520 g/mol. The van der Waals surface area contributed by atoms with Crippen LogP contribution in [0.4, 0.5) is 0 Å². The normalized spacial score (nSPS) is 31.9. The molecule has 0 spiro atoms. The molecule has 4 heteroatoms. The summed E-state index contributed by atoms with van der Waals surface area (Å²) >= 11 is 0. The molecule has 42 heavy (non-hydrogen) atoms. The van der Waals surface area contributed by atoms with E-state index in [9.17, 15) is 9.59 Å². The van der Waals surface area contributed by atoms with E-state index >= 15 is 0 Å². The fourth-order valence-corrected chi connectivity index (χ4v) is 9.54. The Morgan fingerprint density at radius 3 is 1.98 bits per heavy atom. The third-order valence-corrected chi connectivity index (χ3v) is 12.0. The Morgan fingerprint density at radius 1 is 0.690 bits per heavy atom. The van der Waals surface area contributed by atoms with Gasteiger partial charge in [-0.3, -0.25) is 9.59 Å². The maximum absolute atomic E-state index is 12.8. The number of ether oxygens (including phenoxy) is 2. The molecule has 0 aromatic rings. The van der Waals surface area contributed by atoms with E-state index in [1.807, 2.05) is 0 Å². The average Bonchev–Trinajstić information content (AvgIpc) is 3.31. The van der Waals surface area contributed by atoms with Crippen molar-refractivity contribution >= 4 is 11.9 Å². The van der Waals surface area contributed by atoms with Crippen molar-refractivity contribution in [2.24, 2.45) is 35.0 Å². The van der Waals surface area contributed by atoms with Crippen molar-refractivity contribution in [3.63, 3.8) is 0 Å². The van der Waals surface area contributed by atoms with Gasteiger partial charge in [-0.25, -0.2) is 0 Å². The van der Waals surface area contributed by atoms with Crippen LogP contribution in [0.5, 0.6) is 0 Å². The minimum Gasteiger partial charge on any atom is -0.462 e. The third kappa shape index (κ3) is 9.10. The maximum atomic E-state index is 12.8. The molecule has 7 atom stereocenters. The molecule has 0 unspecified atom stereocenters. The fourth-order valence-electron chi connectivity index (χ4n) is 9.54. The van der Waals surface area contributed by atoms with Crippen molar-refractivity contribution in [3.8, 4) is 0 Å². The Balaban J connectivity index is 1.19. The first-order valence-corrected chi connectivity index (χ1v) is 18.6. The largest absolute Gasteiger partial charge is 0.462 e. The van der Waals surface area contributed by atoms with Crippen molar-refractivity contribution < 1.29 is 19.1 Å². The second-order valence-corrected chi connectivity index (χ2v) is 14.8. The summed E-state index contributed by atoms with van der Waals surface area (Å²) < 4.78 is 12.1. The lowest BCUT2D eigenvalue weighted by Crippen LogP contribution is -2.49. The van der Waals surface area contributed by atoms with Crippen molar-refractivity contribution in [3.05, 3.63) is 11.8 Å². The molecule has 0 bridgehead atoms. The van der Waals surface area contributed by atoms with Gasteiger partial charge in [0.15, 0.2) is 0 Å². The van der Waals surface area contributed by atoms with Crippen LogP contribution in [0.1, 0.15) is 175 Å². The number of hydrogen-bond donors (Lipinski definition) is 0. The van der Waals surface area contributed by atoms with E-state index in [1.54, 1.807) is 0 Å². The Kier molecular flexibility index (Phi) is 13.8. The van der Waals surface area contributed by atoms with Gasteiger partial charge in [-0.2, -0.15) is 0 Å². The molecule has 0 aromatic heterocycles. The first-order valence-electron chi connectivity index (χ1n) is 18.6. The minimum absolute atomic E-state index is 0.0195. The summed E-state index contributed by atoms with van der Waals surface area (Å²) in [6.07, 6.45) is 30.2. The van der Waals surface area contributed by atoms with Crippen LogP contribution < -0.4 is 0 Å². The molecule has 4 aliphatic carbocycles. The molecule has 0 aliphatic heterocycles. The zero-order chi connectivity index (χ0) is 29.8. The lowest BCUT2D eigenvalue weighted by molar-refractivity contribution is -0.159. The molecule has 3 saturated carbocycles. The monoisotopic (exact) mass is 584 g/mol. The number of esters is 2. The van der Waals surface area contributed by atoms with Crippen LogP contribution in [0.25, 0.3) is 0 Å². The summed E-state index contributed by atoms with van der Waals surface area (Å²) in [6, 6.07) is 0. The van der Waals surface area contributed by atoms with Crippen LogP contribution in [-0.2, 0) is 19.1 Å². The van der Waals surface area contributed by atoms with Gasteiger partial charge >= 0.3 is 11.9 Å². The molecule has 0 N–H and O–H groups in total. The molecule has 240 valence electrons. The third-order valence-electron chi connectivity index (χ3n) is 12.0. The van der Waals surface area contributed by atoms with Crippen molar-refractivity contribution in [2.75, 3.05) is 0 Å². The summed E-state index contributed by atoms with van der Waals surface area (Å²) in [7, 11) is 0. The number of allylic oxidation sites excluding steroid dienone is 2. The Bertz CT molecular complexity index is 863. The second-order valence-electron chi connectivity index (χ2n) is 14.8. The highest BCUT2D eigenvalue weighted by Gasteiger charge is 2.57. The number of carbonyl (C=O) groups is 2. The molecule has 0 radical (unpaired) electrons. The Labute approximate surface area is 258 Å².